The molecule has 2 aliphatic rings. The third-order valence-electron chi connectivity index (χ3n) is 6.17. The Balaban J connectivity index is 1.21. The number of pyridine rings is 1. The summed E-state index contributed by atoms with van der Waals surface area (Å²) in [6.45, 7) is 6.65. The molecule has 2 amide bonds. The second kappa shape index (κ2) is 10.4. The number of hydrogen-bond acceptors (Lipinski definition) is 5. The number of piperidine rings is 1. The number of piperazine rings is 1. The van der Waals surface area contributed by atoms with Crippen molar-refractivity contribution in [3.05, 3.63) is 60.3 Å². The zero-order valence-electron chi connectivity index (χ0n) is 17.9. The monoisotopic (exact) mass is 421 g/mol. The van der Waals surface area contributed by atoms with E-state index in [2.05, 4.69) is 26.2 Å². The number of nitrogens with zero attached hydrogens (tertiary/aromatic N) is 4. The molecule has 1 unspecified atom stereocenters. The fraction of sp³-hybridized carbons (Fsp3) is 0.458. The Kier molecular flexibility index (Phi) is 7.14. The SMILES string of the molecule is O=C(NCC(=O)N1CCCC(CN2CCN(c3ccccn3)CC2)C1)c1ccccc1. The Morgan fingerprint density at radius 1 is 0.968 bits per heavy atom. The van der Waals surface area contributed by atoms with Gasteiger partial charge in [0.2, 0.25) is 5.91 Å². The summed E-state index contributed by atoms with van der Waals surface area (Å²) in [5.74, 6) is 1.35. The molecule has 2 fully saturated rings. The lowest BCUT2D eigenvalue weighted by Gasteiger charge is -2.39. The average molecular weight is 422 g/mol. The Labute approximate surface area is 184 Å². The number of carbonyl (C=O) groups is 2. The minimum Gasteiger partial charge on any atom is -0.354 e. The summed E-state index contributed by atoms with van der Waals surface area (Å²) < 4.78 is 0. The van der Waals surface area contributed by atoms with Crippen LogP contribution in [0, 0.1) is 5.92 Å². The number of benzene rings is 1. The maximum absolute atomic E-state index is 12.7. The van der Waals surface area contributed by atoms with Crippen molar-refractivity contribution in [1.82, 2.24) is 20.1 Å². The van der Waals surface area contributed by atoms with Gasteiger partial charge in [0.1, 0.15) is 5.82 Å². The molecule has 1 aromatic heterocycles. The van der Waals surface area contributed by atoms with E-state index < -0.39 is 0 Å². The van der Waals surface area contributed by atoms with Crippen LogP contribution in [-0.4, -0.2) is 79.0 Å². The van der Waals surface area contributed by atoms with Crippen molar-refractivity contribution in [1.29, 1.82) is 0 Å². The smallest absolute Gasteiger partial charge is 0.251 e. The van der Waals surface area contributed by atoms with Gasteiger partial charge in [-0.25, -0.2) is 4.98 Å². The highest BCUT2D eigenvalue weighted by Gasteiger charge is 2.27. The number of rotatable bonds is 6. The fourth-order valence-electron chi connectivity index (χ4n) is 4.47. The van der Waals surface area contributed by atoms with Crippen LogP contribution in [0.2, 0.25) is 0 Å². The van der Waals surface area contributed by atoms with E-state index in [-0.39, 0.29) is 18.4 Å². The summed E-state index contributed by atoms with van der Waals surface area (Å²) in [5.41, 5.74) is 0.580. The highest BCUT2D eigenvalue weighted by Crippen LogP contribution is 2.20. The summed E-state index contributed by atoms with van der Waals surface area (Å²) in [7, 11) is 0. The number of carbonyl (C=O) groups excluding carboxylic acids is 2. The lowest BCUT2D eigenvalue weighted by atomic mass is 9.97. The molecular weight excluding hydrogens is 390 g/mol. The number of anilines is 1. The maximum Gasteiger partial charge on any atom is 0.251 e. The van der Waals surface area contributed by atoms with Crippen LogP contribution in [0.4, 0.5) is 5.82 Å². The van der Waals surface area contributed by atoms with Gasteiger partial charge in [0.15, 0.2) is 0 Å². The van der Waals surface area contributed by atoms with Crippen LogP contribution in [0.5, 0.6) is 0 Å². The van der Waals surface area contributed by atoms with Gasteiger partial charge in [-0.1, -0.05) is 24.3 Å². The molecule has 0 aliphatic carbocycles. The summed E-state index contributed by atoms with van der Waals surface area (Å²) in [6, 6.07) is 15.1. The van der Waals surface area contributed by atoms with Gasteiger partial charge in [-0.15, -0.1) is 0 Å². The van der Waals surface area contributed by atoms with Crippen LogP contribution in [-0.2, 0) is 4.79 Å². The van der Waals surface area contributed by atoms with Crippen molar-refractivity contribution in [2.75, 3.05) is 57.3 Å². The van der Waals surface area contributed by atoms with Gasteiger partial charge in [0.05, 0.1) is 6.54 Å². The third kappa shape index (κ3) is 5.82. The van der Waals surface area contributed by atoms with Crippen molar-refractivity contribution >= 4 is 17.6 Å². The molecule has 0 bridgehead atoms. The van der Waals surface area contributed by atoms with E-state index in [1.54, 1.807) is 12.1 Å². The van der Waals surface area contributed by atoms with E-state index in [9.17, 15) is 9.59 Å². The predicted molar refractivity (Wildman–Crippen MR) is 121 cm³/mol. The Bertz CT molecular complexity index is 853. The zero-order valence-corrected chi connectivity index (χ0v) is 17.9. The van der Waals surface area contributed by atoms with Gasteiger partial charge in [-0.2, -0.15) is 0 Å². The van der Waals surface area contributed by atoms with Crippen molar-refractivity contribution < 1.29 is 9.59 Å². The molecule has 1 atom stereocenters. The number of hydrogen-bond donors (Lipinski definition) is 1. The van der Waals surface area contributed by atoms with E-state index in [1.807, 2.05) is 41.4 Å². The van der Waals surface area contributed by atoms with Crippen LogP contribution in [0.3, 0.4) is 0 Å². The van der Waals surface area contributed by atoms with Gasteiger partial charge in [-0.3, -0.25) is 14.5 Å². The van der Waals surface area contributed by atoms with Gasteiger partial charge in [-0.05, 0) is 43.0 Å². The summed E-state index contributed by atoms with van der Waals surface area (Å²) in [5, 5.41) is 2.76. The first kappa shape index (κ1) is 21.3. The third-order valence-corrected chi connectivity index (χ3v) is 6.17. The highest BCUT2D eigenvalue weighted by atomic mass is 16.2. The molecule has 1 aromatic carbocycles. The molecule has 0 saturated carbocycles. The van der Waals surface area contributed by atoms with E-state index in [0.717, 1.165) is 64.5 Å². The molecule has 2 aliphatic heterocycles. The first-order chi connectivity index (χ1) is 15.2. The molecule has 1 N–H and O–H groups in total. The minimum atomic E-state index is -0.201. The Morgan fingerprint density at radius 2 is 1.74 bits per heavy atom. The van der Waals surface area contributed by atoms with E-state index >= 15 is 0 Å². The van der Waals surface area contributed by atoms with Crippen molar-refractivity contribution in [3.63, 3.8) is 0 Å². The second-order valence-electron chi connectivity index (χ2n) is 8.37. The Morgan fingerprint density at radius 3 is 2.48 bits per heavy atom. The molecule has 7 heteroatoms. The molecule has 2 aromatic rings. The molecule has 4 rings (SSSR count). The minimum absolute atomic E-state index is 0.00829. The van der Waals surface area contributed by atoms with Crippen molar-refractivity contribution in [2.24, 2.45) is 5.92 Å². The largest absolute Gasteiger partial charge is 0.354 e. The van der Waals surface area contributed by atoms with Gasteiger partial charge in [0, 0.05) is 57.6 Å². The molecule has 0 radical (unpaired) electrons. The number of amides is 2. The van der Waals surface area contributed by atoms with Crippen LogP contribution in [0.25, 0.3) is 0 Å². The van der Waals surface area contributed by atoms with Crippen molar-refractivity contribution in [3.8, 4) is 0 Å². The topological polar surface area (TPSA) is 68.8 Å². The van der Waals surface area contributed by atoms with Crippen LogP contribution in [0.1, 0.15) is 23.2 Å². The lowest BCUT2D eigenvalue weighted by molar-refractivity contribution is -0.132. The van der Waals surface area contributed by atoms with E-state index in [4.69, 9.17) is 0 Å². The van der Waals surface area contributed by atoms with E-state index in [0.29, 0.717) is 11.5 Å². The predicted octanol–water partition coefficient (Wildman–Crippen LogP) is 1.87. The zero-order chi connectivity index (χ0) is 21.5. The maximum atomic E-state index is 12.7. The normalized spacial score (nSPS) is 19.8. The van der Waals surface area contributed by atoms with E-state index in [1.165, 1.54) is 0 Å². The summed E-state index contributed by atoms with van der Waals surface area (Å²) in [4.78, 5) is 36.1. The van der Waals surface area contributed by atoms with Gasteiger partial charge in [0.25, 0.3) is 5.91 Å². The number of nitrogens with one attached hydrogen (secondary N) is 1. The molecule has 3 heterocycles. The molecule has 31 heavy (non-hydrogen) atoms. The number of aromatic nitrogens is 1. The molecular formula is C24H31N5O2. The highest BCUT2D eigenvalue weighted by molar-refractivity contribution is 5.96. The van der Waals surface area contributed by atoms with Crippen LogP contribution >= 0.6 is 0 Å². The quantitative estimate of drug-likeness (QED) is 0.771. The standard InChI is InChI=1S/C24H31N5O2/c30-23(17-26-24(31)21-8-2-1-3-9-21)29-12-6-7-20(19-29)18-27-13-15-28(16-14-27)22-10-4-5-11-25-22/h1-5,8-11,20H,6-7,12-19H2,(H,26,31). The summed E-state index contributed by atoms with van der Waals surface area (Å²) in [6.07, 6.45) is 4.02. The van der Waals surface area contributed by atoms with Gasteiger partial charge >= 0.3 is 0 Å². The summed E-state index contributed by atoms with van der Waals surface area (Å²) >= 11 is 0. The lowest BCUT2D eigenvalue weighted by Crippen LogP contribution is -2.51. The molecule has 7 nitrogen and oxygen atoms in total. The van der Waals surface area contributed by atoms with Crippen LogP contribution < -0.4 is 10.2 Å². The first-order valence-corrected chi connectivity index (χ1v) is 11.2. The van der Waals surface area contributed by atoms with Crippen molar-refractivity contribution in [2.45, 2.75) is 12.8 Å². The van der Waals surface area contributed by atoms with Crippen LogP contribution in [0.15, 0.2) is 54.7 Å². The number of likely N-dealkylation sites (tertiary alicyclic amines) is 1. The average Bonchev–Trinajstić information content (AvgIpc) is 2.84. The molecule has 2 saturated heterocycles. The van der Waals surface area contributed by atoms with Gasteiger partial charge < -0.3 is 15.1 Å². The molecule has 0 spiro atoms. The molecule has 164 valence electrons. The first-order valence-electron chi connectivity index (χ1n) is 11.2. The fourth-order valence-corrected chi connectivity index (χ4v) is 4.47. The second-order valence-corrected chi connectivity index (χ2v) is 8.37. The Hall–Kier alpha value is -2.93.